The zero-order valence-corrected chi connectivity index (χ0v) is 44.6. The molecule has 0 aliphatic heterocycles. The number of unbranched alkanes of at least 4 members (excludes halogenated alkanes) is 13. The highest BCUT2D eigenvalue weighted by molar-refractivity contribution is 7.47. The van der Waals surface area contributed by atoms with Crippen LogP contribution in [0.1, 0.15) is 201 Å². The van der Waals surface area contributed by atoms with Crippen molar-refractivity contribution >= 4 is 25.7 Å². The molecule has 0 saturated heterocycles. The SMILES string of the molecule is CC/C=C\C/C=C\C/C=C\C/C=C\CCC(=O)OC(CO)COP(=O)(O)OCC(COC(=O)CCCCC/C=C\C/C=C\C/C=C\CC)OC(=O)CCCCCCCCC/C=C\C/C=C\CCCCC. The number of hydrogen-bond acceptors (Lipinski definition) is 10. The molecule has 3 unspecified atom stereocenters. The first kappa shape index (κ1) is 66.1. The van der Waals surface area contributed by atoms with Gasteiger partial charge in [0, 0.05) is 19.3 Å². The highest BCUT2D eigenvalue weighted by Crippen LogP contribution is 2.43. The molecule has 398 valence electrons. The molecule has 0 aliphatic carbocycles. The first-order valence-corrected chi connectivity index (χ1v) is 28.3. The zero-order valence-electron chi connectivity index (χ0n) is 43.7. The summed E-state index contributed by atoms with van der Waals surface area (Å²) in [7, 11) is -4.78. The maximum Gasteiger partial charge on any atom is 0.472 e. The predicted molar refractivity (Wildman–Crippen MR) is 288 cm³/mol. The van der Waals surface area contributed by atoms with Gasteiger partial charge in [-0.1, -0.05) is 182 Å². The number of hydrogen-bond donors (Lipinski definition) is 2. The monoisotopic (exact) mass is 999 g/mol. The van der Waals surface area contributed by atoms with Crippen LogP contribution >= 0.6 is 7.82 Å². The summed E-state index contributed by atoms with van der Waals surface area (Å²) in [6, 6.07) is 0. The van der Waals surface area contributed by atoms with E-state index in [9.17, 15) is 28.9 Å². The van der Waals surface area contributed by atoms with Gasteiger partial charge in [0.1, 0.15) is 12.7 Å². The third-order valence-electron chi connectivity index (χ3n) is 10.7. The molecule has 0 radical (unpaired) electrons. The smallest absolute Gasteiger partial charge is 0.462 e. The molecule has 0 fully saturated rings. The van der Waals surface area contributed by atoms with E-state index in [-0.39, 0.29) is 25.9 Å². The molecule has 0 spiro atoms. The van der Waals surface area contributed by atoms with Crippen LogP contribution < -0.4 is 0 Å². The molecule has 0 heterocycles. The van der Waals surface area contributed by atoms with Gasteiger partial charge >= 0.3 is 25.7 Å². The number of esters is 3. The number of ether oxygens (including phenoxy) is 3. The molecule has 0 amide bonds. The van der Waals surface area contributed by atoms with Gasteiger partial charge in [-0.15, -0.1) is 0 Å². The van der Waals surface area contributed by atoms with Crippen LogP contribution in [0.2, 0.25) is 0 Å². The molecule has 12 heteroatoms. The Morgan fingerprint density at radius 3 is 1.24 bits per heavy atom. The molecule has 0 aromatic rings. The Labute approximate surface area is 425 Å². The number of carbonyl (C=O) groups excluding carboxylic acids is 3. The second-order valence-electron chi connectivity index (χ2n) is 17.3. The average molecular weight is 999 g/mol. The number of phosphoric acid groups is 1. The van der Waals surface area contributed by atoms with Crippen LogP contribution in [0.25, 0.3) is 0 Å². The van der Waals surface area contributed by atoms with Gasteiger partial charge in [-0.2, -0.15) is 0 Å². The first-order valence-electron chi connectivity index (χ1n) is 26.8. The van der Waals surface area contributed by atoms with Crippen LogP contribution in [0.4, 0.5) is 0 Å². The Hall–Kier alpha value is -3.86. The Morgan fingerprint density at radius 2 is 0.771 bits per heavy atom. The van der Waals surface area contributed by atoms with Crippen molar-refractivity contribution in [2.45, 2.75) is 213 Å². The van der Waals surface area contributed by atoms with Crippen LogP contribution in [0.5, 0.6) is 0 Å². The minimum absolute atomic E-state index is 0.0485. The fourth-order valence-electron chi connectivity index (χ4n) is 6.65. The van der Waals surface area contributed by atoms with E-state index in [1.54, 1.807) is 0 Å². The van der Waals surface area contributed by atoms with Crippen LogP contribution in [0.3, 0.4) is 0 Å². The van der Waals surface area contributed by atoms with E-state index in [0.717, 1.165) is 103 Å². The van der Waals surface area contributed by atoms with Crippen molar-refractivity contribution < 1.29 is 52.2 Å². The van der Waals surface area contributed by atoms with Gasteiger partial charge < -0.3 is 24.2 Å². The highest BCUT2D eigenvalue weighted by Gasteiger charge is 2.28. The fraction of sp³-hybridized carbons (Fsp3) is 0.638. The van der Waals surface area contributed by atoms with Gasteiger partial charge in [-0.25, -0.2) is 4.57 Å². The Balaban J connectivity index is 4.86. The third kappa shape index (κ3) is 49.1. The molecule has 0 saturated carbocycles. The van der Waals surface area contributed by atoms with E-state index in [0.29, 0.717) is 19.3 Å². The number of phosphoric ester groups is 1. The molecule has 3 atom stereocenters. The number of rotatable bonds is 48. The van der Waals surface area contributed by atoms with Gasteiger partial charge in [0.2, 0.25) is 0 Å². The van der Waals surface area contributed by atoms with Crippen molar-refractivity contribution in [3.8, 4) is 0 Å². The summed E-state index contributed by atoms with van der Waals surface area (Å²) in [5.74, 6) is -1.61. The van der Waals surface area contributed by atoms with Gasteiger partial charge in [-0.05, 0) is 109 Å². The van der Waals surface area contributed by atoms with E-state index in [4.69, 9.17) is 23.3 Å². The molecular weight excluding hydrogens is 904 g/mol. The average Bonchev–Trinajstić information content (AvgIpc) is 3.35. The van der Waals surface area contributed by atoms with Crippen LogP contribution in [0.15, 0.2) is 109 Å². The van der Waals surface area contributed by atoms with Crippen LogP contribution in [-0.4, -0.2) is 66.5 Å². The van der Waals surface area contributed by atoms with E-state index in [2.05, 4.69) is 112 Å². The lowest BCUT2D eigenvalue weighted by molar-refractivity contribution is -0.161. The van der Waals surface area contributed by atoms with Gasteiger partial charge in [0.05, 0.1) is 19.8 Å². The standard InChI is InChI=1S/C58H95O11P/c1-4-7-10-13-16-19-22-25-26-27-28-31-34-37-40-43-46-49-58(62)69-55(51-65-56(60)47-44-41-38-35-32-29-23-20-17-14-11-8-5-2)53-67-70(63,64)66-52-54(50-59)68-57(61)48-45-42-39-36-33-30-24-21-18-15-12-9-6-3/h8-9,11-12,16-21,25-26,29-30,32-33,39,42,54-55,59H,4-7,10,13-15,22-24,27-28,31,34-38,40-41,43-53H2,1-3H3,(H,63,64)/b11-8-,12-9-,19-16-,20-17-,21-18-,26-25-,32-29-,33-30-,42-39-. The predicted octanol–water partition coefficient (Wildman–Crippen LogP) is 15.5. The normalized spacial score (nSPS) is 14.3. The minimum Gasteiger partial charge on any atom is -0.462 e. The number of allylic oxidation sites excluding steroid dienone is 18. The summed E-state index contributed by atoms with van der Waals surface area (Å²) in [6.07, 6.45) is 60.7. The lowest BCUT2D eigenvalue weighted by atomic mass is 10.1. The molecule has 0 aromatic carbocycles. The maximum atomic E-state index is 12.9. The Morgan fingerprint density at radius 1 is 0.414 bits per heavy atom. The lowest BCUT2D eigenvalue weighted by Gasteiger charge is -2.21. The van der Waals surface area contributed by atoms with Gasteiger partial charge in [0.15, 0.2) is 6.10 Å². The molecule has 11 nitrogen and oxygen atoms in total. The van der Waals surface area contributed by atoms with Crippen molar-refractivity contribution in [3.63, 3.8) is 0 Å². The second-order valence-corrected chi connectivity index (χ2v) is 18.7. The van der Waals surface area contributed by atoms with Crippen molar-refractivity contribution in [2.24, 2.45) is 0 Å². The molecule has 2 N–H and O–H groups in total. The highest BCUT2D eigenvalue weighted by atomic mass is 31.2. The summed E-state index contributed by atoms with van der Waals surface area (Å²) >= 11 is 0. The fourth-order valence-corrected chi connectivity index (χ4v) is 7.43. The number of carbonyl (C=O) groups is 3. The Bertz CT molecular complexity index is 1590. The second kappa shape index (κ2) is 51.5. The molecule has 0 aromatic heterocycles. The number of aliphatic hydroxyl groups is 1. The summed E-state index contributed by atoms with van der Waals surface area (Å²) in [5, 5.41) is 9.77. The first-order chi connectivity index (χ1) is 34.2. The molecular formula is C58H95O11P. The molecule has 0 bridgehead atoms. The summed E-state index contributed by atoms with van der Waals surface area (Å²) < 4.78 is 39.3. The topological polar surface area (TPSA) is 155 Å². The summed E-state index contributed by atoms with van der Waals surface area (Å²) in [5.41, 5.74) is 0. The summed E-state index contributed by atoms with van der Waals surface area (Å²) in [6.45, 7) is 4.23. The maximum absolute atomic E-state index is 12.9. The van der Waals surface area contributed by atoms with Crippen LogP contribution in [-0.2, 0) is 42.2 Å². The molecule has 0 rings (SSSR count). The zero-order chi connectivity index (χ0) is 51.3. The van der Waals surface area contributed by atoms with Crippen molar-refractivity contribution in [1.82, 2.24) is 0 Å². The third-order valence-corrected chi connectivity index (χ3v) is 11.6. The van der Waals surface area contributed by atoms with Gasteiger partial charge in [0.25, 0.3) is 0 Å². The van der Waals surface area contributed by atoms with Crippen LogP contribution in [0, 0.1) is 0 Å². The summed E-state index contributed by atoms with van der Waals surface area (Å²) in [4.78, 5) is 48.3. The number of aliphatic hydroxyl groups excluding tert-OH is 1. The Kier molecular flexibility index (Phi) is 48.7. The van der Waals surface area contributed by atoms with E-state index in [1.165, 1.54) is 38.5 Å². The minimum atomic E-state index is -4.78. The molecule has 70 heavy (non-hydrogen) atoms. The molecule has 0 aliphatic rings. The van der Waals surface area contributed by atoms with Gasteiger partial charge in [-0.3, -0.25) is 23.4 Å². The van der Waals surface area contributed by atoms with E-state index >= 15 is 0 Å². The van der Waals surface area contributed by atoms with E-state index in [1.807, 2.05) is 18.2 Å². The van der Waals surface area contributed by atoms with Crippen molar-refractivity contribution in [1.29, 1.82) is 0 Å². The van der Waals surface area contributed by atoms with E-state index < -0.39 is 57.8 Å². The quantitative estimate of drug-likeness (QED) is 0.0197. The lowest BCUT2D eigenvalue weighted by Crippen LogP contribution is -2.30. The van der Waals surface area contributed by atoms with Crippen molar-refractivity contribution in [3.05, 3.63) is 109 Å². The largest absolute Gasteiger partial charge is 0.472 e. The van der Waals surface area contributed by atoms with Crippen molar-refractivity contribution in [2.75, 3.05) is 26.4 Å².